The second-order valence-corrected chi connectivity index (χ2v) is 4.75. The van der Waals surface area contributed by atoms with Crippen LogP contribution in [0.2, 0.25) is 0 Å². The second-order valence-electron chi connectivity index (χ2n) is 4.75. The predicted octanol–water partition coefficient (Wildman–Crippen LogP) is 2.34. The van der Waals surface area contributed by atoms with Crippen LogP contribution in [0.15, 0.2) is 18.2 Å². The van der Waals surface area contributed by atoms with Crippen molar-refractivity contribution in [2.75, 3.05) is 25.0 Å². The molecule has 1 unspecified atom stereocenters. The minimum Gasteiger partial charge on any atom is -0.508 e. The Morgan fingerprint density at radius 1 is 1.25 bits per heavy atom. The standard InChI is InChI=1S/C13H18N2O/c16-10-3-4-12-11(9-10)13(5-6-14-12)15-7-1-2-8-15/h3-4,9,13-14,16H,1-2,5-8H2. The molecule has 0 spiro atoms. The molecule has 0 aliphatic carbocycles. The van der Waals surface area contributed by atoms with Gasteiger partial charge in [0.15, 0.2) is 0 Å². The predicted molar refractivity (Wildman–Crippen MR) is 64.8 cm³/mol. The van der Waals surface area contributed by atoms with Crippen molar-refractivity contribution in [3.05, 3.63) is 23.8 Å². The average molecular weight is 218 g/mol. The Balaban J connectivity index is 1.94. The molecule has 0 aromatic heterocycles. The number of hydrogen-bond acceptors (Lipinski definition) is 3. The van der Waals surface area contributed by atoms with E-state index in [4.69, 9.17) is 0 Å². The number of anilines is 1. The molecule has 1 saturated heterocycles. The first-order valence-electron chi connectivity index (χ1n) is 6.15. The fourth-order valence-corrected chi connectivity index (χ4v) is 2.92. The summed E-state index contributed by atoms with van der Waals surface area (Å²) in [5.74, 6) is 0.381. The molecule has 3 heteroatoms. The van der Waals surface area contributed by atoms with E-state index in [1.807, 2.05) is 12.1 Å². The molecule has 86 valence electrons. The van der Waals surface area contributed by atoms with Crippen molar-refractivity contribution in [3.8, 4) is 5.75 Å². The molecule has 1 atom stereocenters. The minimum absolute atomic E-state index is 0.381. The zero-order chi connectivity index (χ0) is 11.0. The minimum atomic E-state index is 0.381. The number of aromatic hydroxyl groups is 1. The number of phenols is 1. The number of benzene rings is 1. The van der Waals surface area contributed by atoms with Gasteiger partial charge in [0, 0.05) is 18.3 Å². The van der Waals surface area contributed by atoms with Crippen molar-refractivity contribution in [2.24, 2.45) is 0 Å². The third-order valence-corrected chi connectivity index (χ3v) is 3.71. The van der Waals surface area contributed by atoms with Crippen LogP contribution in [0.3, 0.4) is 0 Å². The number of fused-ring (bicyclic) bond motifs is 1. The molecule has 2 aliphatic heterocycles. The van der Waals surface area contributed by atoms with E-state index in [-0.39, 0.29) is 0 Å². The van der Waals surface area contributed by atoms with Crippen LogP contribution in [0.5, 0.6) is 5.75 Å². The topological polar surface area (TPSA) is 35.5 Å². The fourth-order valence-electron chi connectivity index (χ4n) is 2.92. The van der Waals surface area contributed by atoms with Crippen LogP contribution in [0.25, 0.3) is 0 Å². The van der Waals surface area contributed by atoms with Crippen LogP contribution in [0, 0.1) is 0 Å². The van der Waals surface area contributed by atoms with Crippen LogP contribution < -0.4 is 5.32 Å². The van der Waals surface area contributed by atoms with Gasteiger partial charge in [-0.15, -0.1) is 0 Å². The highest BCUT2D eigenvalue weighted by Crippen LogP contribution is 2.37. The van der Waals surface area contributed by atoms with E-state index in [2.05, 4.69) is 10.2 Å². The molecule has 2 N–H and O–H groups in total. The normalized spacial score (nSPS) is 25.1. The maximum atomic E-state index is 9.60. The van der Waals surface area contributed by atoms with Gasteiger partial charge in [0.2, 0.25) is 0 Å². The summed E-state index contributed by atoms with van der Waals surface area (Å²) < 4.78 is 0. The van der Waals surface area contributed by atoms with Crippen LogP contribution >= 0.6 is 0 Å². The van der Waals surface area contributed by atoms with Gasteiger partial charge in [-0.2, -0.15) is 0 Å². The first-order chi connectivity index (χ1) is 7.84. The van der Waals surface area contributed by atoms with E-state index in [0.717, 1.165) is 13.0 Å². The van der Waals surface area contributed by atoms with Gasteiger partial charge in [0.05, 0.1) is 0 Å². The van der Waals surface area contributed by atoms with Crippen molar-refractivity contribution < 1.29 is 5.11 Å². The van der Waals surface area contributed by atoms with Crippen molar-refractivity contribution in [1.29, 1.82) is 0 Å². The second kappa shape index (κ2) is 3.98. The van der Waals surface area contributed by atoms with Gasteiger partial charge >= 0.3 is 0 Å². The zero-order valence-corrected chi connectivity index (χ0v) is 9.45. The maximum absolute atomic E-state index is 9.60. The van der Waals surface area contributed by atoms with E-state index >= 15 is 0 Å². The molecule has 1 fully saturated rings. The SMILES string of the molecule is Oc1ccc2c(c1)C(N1CCCC1)CCN2. The Kier molecular flexibility index (Phi) is 2.48. The first kappa shape index (κ1) is 9.97. The van der Waals surface area contributed by atoms with E-state index in [1.165, 1.54) is 37.2 Å². The molecule has 2 heterocycles. The lowest BCUT2D eigenvalue weighted by atomic mass is 9.96. The highest BCUT2D eigenvalue weighted by Gasteiger charge is 2.27. The lowest BCUT2D eigenvalue weighted by molar-refractivity contribution is 0.233. The lowest BCUT2D eigenvalue weighted by Gasteiger charge is -2.33. The fraction of sp³-hybridized carbons (Fsp3) is 0.538. The number of nitrogens with one attached hydrogen (secondary N) is 1. The van der Waals surface area contributed by atoms with Gasteiger partial charge in [-0.25, -0.2) is 0 Å². The summed E-state index contributed by atoms with van der Waals surface area (Å²) in [6.45, 7) is 3.46. The van der Waals surface area contributed by atoms with E-state index < -0.39 is 0 Å². The van der Waals surface area contributed by atoms with Gasteiger partial charge in [-0.1, -0.05) is 0 Å². The highest BCUT2D eigenvalue weighted by atomic mass is 16.3. The molecular formula is C13H18N2O. The lowest BCUT2D eigenvalue weighted by Crippen LogP contribution is -2.30. The maximum Gasteiger partial charge on any atom is 0.116 e. The molecule has 0 radical (unpaired) electrons. The molecule has 2 aliphatic rings. The summed E-state index contributed by atoms with van der Waals surface area (Å²) in [7, 11) is 0. The molecule has 3 rings (SSSR count). The van der Waals surface area contributed by atoms with Crippen LogP contribution in [-0.4, -0.2) is 29.6 Å². The van der Waals surface area contributed by atoms with Gasteiger partial charge in [-0.3, -0.25) is 4.90 Å². The quantitative estimate of drug-likeness (QED) is 0.710. The van der Waals surface area contributed by atoms with Gasteiger partial charge in [0.1, 0.15) is 5.75 Å². The number of rotatable bonds is 1. The molecular weight excluding hydrogens is 200 g/mol. The van der Waals surface area contributed by atoms with Crippen molar-refractivity contribution in [3.63, 3.8) is 0 Å². The van der Waals surface area contributed by atoms with Gasteiger partial charge in [-0.05, 0) is 56.1 Å². The Bertz CT molecular complexity index is 386. The molecule has 1 aromatic carbocycles. The highest BCUT2D eigenvalue weighted by molar-refractivity contribution is 5.57. The van der Waals surface area contributed by atoms with Crippen molar-refractivity contribution >= 4 is 5.69 Å². The number of phenolic OH excluding ortho intramolecular Hbond substituents is 1. The van der Waals surface area contributed by atoms with Gasteiger partial charge < -0.3 is 10.4 Å². The number of nitrogens with zero attached hydrogens (tertiary/aromatic N) is 1. The smallest absolute Gasteiger partial charge is 0.116 e. The molecule has 16 heavy (non-hydrogen) atoms. The Morgan fingerprint density at radius 3 is 2.88 bits per heavy atom. The molecule has 3 nitrogen and oxygen atoms in total. The third-order valence-electron chi connectivity index (χ3n) is 3.71. The molecule has 1 aromatic rings. The number of hydrogen-bond donors (Lipinski definition) is 2. The van der Waals surface area contributed by atoms with Crippen LogP contribution in [-0.2, 0) is 0 Å². The van der Waals surface area contributed by atoms with Crippen molar-refractivity contribution in [1.82, 2.24) is 4.90 Å². The van der Waals surface area contributed by atoms with Crippen LogP contribution in [0.1, 0.15) is 30.9 Å². The summed E-state index contributed by atoms with van der Waals surface area (Å²) in [6, 6.07) is 6.18. The Labute approximate surface area is 96.1 Å². The average Bonchev–Trinajstić information content (AvgIpc) is 2.81. The molecule has 0 saturated carbocycles. The summed E-state index contributed by atoms with van der Waals surface area (Å²) in [5.41, 5.74) is 2.47. The zero-order valence-electron chi connectivity index (χ0n) is 9.45. The summed E-state index contributed by atoms with van der Waals surface area (Å²) in [5, 5.41) is 13.0. The van der Waals surface area contributed by atoms with Crippen LogP contribution in [0.4, 0.5) is 5.69 Å². The van der Waals surface area contributed by atoms with E-state index in [9.17, 15) is 5.11 Å². The molecule has 0 amide bonds. The van der Waals surface area contributed by atoms with E-state index in [1.54, 1.807) is 6.07 Å². The largest absolute Gasteiger partial charge is 0.508 e. The summed E-state index contributed by atoms with van der Waals surface area (Å²) >= 11 is 0. The van der Waals surface area contributed by atoms with E-state index in [0.29, 0.717) is 11.8 Å². The Hall–Kier alpha value is -1.22. The first-order valence-corrected chi connectivity index (χ1v) is 6.15. The summed E-state index contributed by atoms with van der Waals surface area (Å²) in [4.78, 5) is 2.55. The third kappa shape index (κ3) is 1.65. The molecule has 0 bridgehead atoms. The van der Waals surface area contributed by atoms with Crippen molar-refractivity contribution in [2.45, 2.75) is 25.3 Å². The Morgan fingerprint density at radius 2 is 2.06 bits per heavy atom. The van der Waals surface area contributed by atoms with Gasteiger partial charge in [0.25, 0.3) is 0 Å². The summed E-state index contributed by atoms with van der Waals surface area (Å²) in [6.07, 6.45) is 3.78. The number of likely N-dealkylation sites (tertiary alicyclic amines) is 1. The monoisotopic (exact) mass is 218 g/mol.